The third kappa shape index (κ3) is 4.50. The number of carbonyl (C=O) groups excluding carboxylic acids is 1. The molecule has 1 aromatic heterocycles. The van der Waals surface area contributed by atoms with Gasteiger partial charge in [0.2, 0.25) is 11.2 Å². The van der Waals surface area contributed by atoms with Gasteiger partial charge in [-0.1, -0.05) is 30.8 Å². The van der Waals surface area contributed by atoms with Crippen LogP contribution < -0.4 is 5.32 Å². The zero-order valence-corrected chi connectivity index (χ0v) is 15.1. The number of aromatic nitrogens is 3. The number of rotatable bonds is 6. The van der Waals surface area contributed by atoms with E-state index in [1.807, 2.05) is 18.2 Å². The molecular weight excluding hydrogens is 375 g/mol. The van der Waals surface area contributed by atoms with Crippen LogP contribution in [0, 0.1) is 5.82 Å². The Morgan fingerprint density at radius 3 is 2.73 bits per heavy atom. The average Bonchev–Trinajstić information content (AvgIpc) is 2.97. The highest BCUT2D eigenvalue weighted by atomic mass is 35.5. The Kier molecular flexibility index (Phi) is 5.70. The van der Waals surface area contributed by atoms with Crippen molar-refractivity contribution in [2.75, 3.05) is 5.32 Å². The zero-order chi connectivity index (χ0) is 18.5. The van der Waals surface area contributed by atoms with Gasteiger partial charge in [-0.3, -0.25) is 4.79 Å². The molecule has 0 radical (unpaired) electrons. The first-order valence-corrected chi connectivity index (χ1v) is 8.79. The van der Waals surface area contributed by atoms with E-state index in [1.54, 1.807) is 22.9 Å². The van der Waals surface area contributed by atoms with Gasteiger partial charge in [-0.15, -0.1) is 5.10 Å². The molecule has 0 atom stereocenters. The van der Waals surface area contributed by atoms with Crippen LogP contribution >= 0.6 is 23.4 Å². The predicted molar refractivity (Wildman–Crippen MR) is 99.9 cm³/mol. The summed E-state index contributed by atoms with van der Waals surface area (Å²) in [4.78, 5) is 16.6. The van der Waals surface area contributed by atoms with Crippen molar-refractivity contribution in [3.8, 4) is 0 Å². The molecule has 0 saturated carbocycles. The van der Waals surface area contributed by atoms with Gasteiger partial charge < -0.3 is 5.32 Å². The smallest absolute Gasteiger partial charge is 0.247 e. The van der Waals surface area contributed by atoms with Gasteiger partial charge in [-0.25, -0.2) is 9.07 Å². The quantitative estimate of drug-likeness (QED) is 0.636. The third-order valence-corrected chi connectivity index (χ3v) is 4.61. The van der Waals surface area contributed by atoms with Crippen LogP contribution in [0.5, 0.6) is 0 Å². The molecule has 0 spiro atoms. The first-order chi connectivity index (χ1) is 12.5. The van der Waals surface area contributed by atoms with Crippen LogP contribution in [0.1, 0.15) is 5.56 Å². The van der Waals surface area contributed by atoms with E-state index >= 15 is 0 Å². The molecule has 1 heterocycles. The number of nitrogens with zero attached hydrogens (tertiary/aromatic N) is 3. The molecule has 0 saturated heterocycles. The Morgan fingerprint density at radius 1 is 1.27 bits per heavy atom. The number of anilines is 1. The first kappa shape index (κ1) is 18.2. The standard InChI is InChI=1S/C18H14ClFN4OS/c1-2-16(25)21-14-5-3-4-6-15(14)26-18-22-17(19)23-24(18)11-12-7-9-13(20)10-8-12/h2-10H,1,11H2,(H,21,25). The summed E-state index contributed by atoms with van der Waals surface area (Å²) in [6.45, 7) is 3.84. The highest BCUT2D eigenvalue weighted by molar-refractivity contribution is 7.99. The third-order valence-electron chi connectivity index (χ3n) is 3.39. The molecule has 5 nitrogen and oxygen atoms in total. The Balaban J connectivity index is 1.86. The lowest BCUT2D eigenvalue weighted by Gasteiger charge is -2.10. The monoisotopic (exact) mass is 388 g/mol. The second-order valence-electron chi connectivity index (χ2n) is 5.24. The van der Waals surface area contributed by atoms with Gasteiger partial charge >= 0.3 is 0 Å². The van der Waals surface area contributed by atoms with Gasteiger partial charge in [-0.2, -0.15) is 4.98 Å². The molecule has 1 N–H and O–H groups in total. The van der Waals surface area contributed by atoms with Crippen molar-refractivity contribution < 1.29 is 9.18 Å². The van der Waals surface area contributed by atoms with E-state index in [2.05, 4.69) is 22.0 Å². The van der Waals surface area contributed by atoms with E-state index in [-0.39, 0.29) is 17.0 Å². The van der Waals surface area contributed by atoms with E-state index in [4.69, 9.17) is 11.6 Å². The van der Waals surface area contributed by atoms with E-state index in [1.165, 1.54) is 30.0 Å². The molecule has 26 heavy (non-hydrogen) atoms. The summed E-state index contributed by atoms with van der Waals surface area (Å²) in [6.07, 6.45) is 1.20. The Hall–Kier alpha value is -2.64. The summed E-state index contributed by atoms with van der Waals surface area (Å²) in [5.41, 5.74) is 1.50. The van der Waals surface area contributed by atoms with Crippen molar-refractivity contribution >= 4 is 35.0 Å². The van der Waals surface area contributed by atoms with Crippen molar-refractivity contribution in [3.05, 3.63) is 77.9 Å². The number of halogens is 2. The predicted octanol–water partition coefficient (Wildman–Crippen LogP) is 4.39. The molecular formula is C18H14ClFN4OS. The number of hydrogen-bond donors (Lipinski definition) is 1. The summed E-state index contributed by atoms with van der Waals surface area (Å²) >= 11 is 7.29. The molecule has 0 unspecified atom stereocenters. The van der Waals surface area contributed by atoms with Gasteiger partial charge in [0, 0.05) is 4.90 Å². The lowest BCUT2D eigenvalue weighted by atomic mass is 10.2. The number of carbonyl (C=O) groups is 1. The van der Waals surface area contributed by atoms with E-state index in [9.17, 15) is 9.18 Å². The van der Waals surface area contributed by atoms with Crippen molar-refractivity contribution in [1.82, 2.24) is 14.8 Å². The van der Waals surface area contributed by atoms with Gasteiger partial charge in [0.25, 0.3) is 0 Å². The lowest BCUT2D eigenvalue weighted by Crippen LogP contribution is -2.08. The zero-order valence-electron chi connectivity index (χ0n) is 13.5. The van der Waals surface area contributed by atoms with Gasteiger partial charge in [-0.05, 0) is 59.3 Å². The van der Waals surface area contributed by atoms with E-state index < -0.39 is 0 Å². The fourth-order valence-corrected chi connectivity index (χ4v) is 3.32. The maximum Gasteiger partial charge on any atom is 0.247 e. The molecule has 1 amide bonds. The molecule has 2 aromatic carbocycles. The second kappa shape index (κ2) is 8.16. The van der Waals surface area contributed by atoms with Crippen LogP contribution in [0.2, 0.25) is 5.28 Å². The molecule has 0 bridgehead atoms. The number of nitrogens with one attached hydrogen (secondary N) is 1. The maximum atomic E-state index is 13.1. The van der Waals surface area contributed by atoms with Crippen LogP contribution in [0.15, 0.2) is 71.2 Å². The van der Waals surface area contributed by atoms with Crippen LogP contribution in [-0.4, -0.2) is 20.7 Å². The van der Waals surface area contributed by atoms with Gasteiger partial charge in [0.1, 0.15) is 5.82 Å². The Morgan fingerprint density at radius 2 is 2.00 bits per heavy atom. The fraction of sp³-hybridized carbons (Fsp3) is 0.0556. The maximum absolute atomic E-state index is 13.1. The molecule has 132 valence electrons. The van der Waals surface area contributed by atoms with Crippen LogP contribution in [0.25, 0.3) is 0 Å². The Labute approximate surface area is 158 Å². The number of amides is 1. The molecule has 8 heteroatoms. The topological polar surface area (TPSA) is 59.8 Å². The van der Waals surface area contributed by atoms with Crippen molar-refractivity contribution in [3.63, 3.8) is 0 Å². The summed E-state index contributed by atoms with van der Waals surface area (Å²) < 4.78 is 14.7. The van der Waals surface area contributed by atoms with Crippen molar-refractivity contribution in [2.45, 2.75) is 16.6 Å². The Bertz CT molecular complexity index is 943. The highest BCUT2D eigenvalue weighted by Crippen LogP contribution is 2.33. The molecule has 0 fully saturated rings. The van der Waals surface area contributed by atoms with Crippen LogP contribution in [0.4, 0.5) is 10.1 Å². The minimum absolute atomic E-state index is 0.113. The number of benzene rings is 2. The number of para-hydroxylation sites is 1. The minimum atomic E-state index is -0.302. The molecule has 3 rings (SSSR count). The van der Waals surface area contributed by atoms with E-state index in [0.29, 0.717) is 17.4 Å². The SMILES string of the molecule is C=CC(=O)Nc1ccccc1Sc1nc(Cl)nn1Cc1ccc(F)cc1. The second-order valence-corrected chi connectivity index (χ2v) is 6.59. The minimum Gasteiger partial charge on any atom is -0.321 e. The van der Waals surface area contributed by atoms with Crippen LogP contribution in [0.3, 0.4) is 0 Å². The molecule has 0 aliphatic heterocycles. The highest BCUT2D eigenvalue weighted by Gasteiger charge is 2.14. The summed E-state index contributed by atoms with van der Waals surface area (Å²) in [5.74, 6) is -0.601. The van der Waals surface area contributed by atoms with Crippen molar-refractivity contribution in [1.29, 1.82) is 0 Å². The normalized spacial score (nSPS) is 10.5. The van der Waals surface area contributed by atoms with Crippen molar-refractivity contribution in [2.24, 2.45) is 0 Å². The van der Waals surface area contributed by atoms with Gasteiger partial charge in [0.05, 0.1) is 12.2 Å². The molecule has 0 aliphatic carbocycles. The van der Waals surface area contributed by atoms with E-state index in [0.717, 1.165) is 10.5 Å². The summed E-state index contributed by atoms with van der Waals surface area (Å²) in [5, 5.41) is 7.61. The lowest BCUT2D eigenvalue weighted by molar-refractivity contribution is -0.111. The fourth-order valence-electron chi connectivity index (χ4n) is 2.18. The molecule has 0 aliphatic rings. The number of hydrogen-bond acceptors (Lipinski definition) is 4. The summed E-state index contributed by atoms with van der Waals surface area (Å²) in [7, 11) is 0. The molecule has 3 aromatic rings. The average molecular weight is 389 g/mol. The van der Waals surface area contributed by atoms with Gasteiger partial charge in [0.15, 0.2) is 5.16 Å². The summed E-state index contributed by atoms with van der Waals surface area (Å²) in [6, 6.07) is 13.4. The van der Waals surface area contributed by atoms with Crippen LogP contribution in [-0.2, 0) is 11.3 Å². The first-order valence-electron chi connectivity index (χ1n) is 7.60. The largest absolute Gasteiger partial charge is 0.321 e.